The van der Waals surface area contributed by atoms with Crippen molar-refractivity contribution in [3.8, 4) is 0 Å². The number of thiazole rings is 1. The Morgan fingerprint density at radius 2 is 1.96 bits per heavy atom. The summed E-state index contributed by atoms with van der Waals surface area (Å²) in [7, 11) is 0. The molecule has 1 aliphatic rings. The lowest BCUT2D eigenvalue weighted by Crippen LogP contribution is -2.37. The van der Waals surface area contributed by atoms with E-state index in [4.69, 9.17) is 4.74 Å². The molecule has 1 aromatic heterocycles. The van der Waals surface area contributed by atoms with Crippen molar-refractivity contribution in [1.82, 2.24) is 4.98 Å². The molecule has 1 unspecified atom stereocenters. The third-order valence-corrected chi connectivity index (χ3v) is 5.40. The van der Waals surface area contributed by atoms with Crippen molar-refractivity contribution < 1.29 is 22.7 Å². The van der Waals surface area contributed by atoms with Crippen molar-refractivity contribution in [3.05, 3.63) is 59.4 Å². The molecule has 140 valence electrons. The van der Waals surface area contributed by atoms with E-state index in [2.05, 4.69) is 4.98 Å². The third-order valence-electron chi connectivity index (χ3n) is 4.38. The molecule has 1 saturated heterocycles. The number of amides is 1. The van der Waals surface area contributed by atoms with E-state index < -0.39 is 23.4 Å². The summed E-state index contributed by atoms with van der Waals surface area (Å²) in [5.74, 6) is -2.33. The molecule has 0 N–H and O–H groups in total. The number of nitrogens with zero attached hydrogens (tertiary/aromatic N) is 2. The minimum absolute atomic E-state index is 0.0145. The number of aromatic nitrogens is 1. The van der Waals surface area contributed by atoms with Crippen LogP contribution in [0.2, 0.25) is 0 Å². The van der Waals surface area contributed by atoms with E-state index in [1.165, 1.54) is 35.2 Å². The Morgan fingerprint density at radius 1 is 1.19 bits per heavy atom. The van der Waals surface area contributed by atoms with Gasteiger partial charge in [0, 0.05) is 18.2 Å². The Balaban J connectivity index is 1.74. The van der Waals surface area contributed by atoms with Crippen LogP contribution in [-0.4, -0.2) is 30.1 Å². The van der Waals surface area contributed by atoms with Gasteiger partial charge in [-0.3, -0.25) is 9.69 Å². The highest BCUT2D eigenvalue weighted by Gasteiger charge is 2.27. The van der Waals surface area contributed by atoms with Crippen molar-refractivity contribution in [2.24, 2.45) is 0 Å². The van der Waals surface area contributed by atoms with E-state index >= 15 is 0 Å². The molecule has 0 saturated carbocycles. The Bertz CT molecular complexity index is 985. The molecule has 4 nitrogen and oxygen atoms in total. The van der Waals surface area contributed by atoms with E-state index in [1.807, 2.05) is 0 Å². The van der Waals surface area contributed by atoms with Gasteiger partial charge in [0.1, 0.15) is 17.2 Å². The maximum Gasteiger partial charge on any atom is 0.260 e. The number of carbonyl (C=O) groups is 1. The van der Waals surface area contributed by atoms with Crippen molar-refractivity contribution in [2.45, 2.75) is 18.9 Å². The van der Waals surface area contributed by atoms with Gasteiger partial charge < -0.3 is 4.74 Å². The number of ether oxygens (including phenoxy) is 1. The number of rotatable bonds is 4. The standard InChI is InChI=1S/C19H15F3N2O2S/c20-12-5-3-11(4-6-12)18(25)24(10-14-2-1-7-26-14)19-23-17-15(22)8-13(21)9-16(17)27-19/h3-6,8-9,14H,1-2,7,10H2. The van der Waals surface area contributed by atoms with Crippen molar-refractivity contribution in [1.29, 1.82) is 0 Å². The third kappa shape index (κ3) is 3.68. The Morgan fingerprint density at radius 3 is 2.67 bits per heavy atom. The fourth-order valence-corrected chi connectivity index (χ4v) is 4.06. The number of benzene rings is 2. The predicted molar refractivity (Wildman–Crippen MR) is 96.6 cm³/mol. The van der Waals surface area contributed by atoms with Crippen LogP contribution in [0.1, 0.15) is 23.2 Å². The molecule has 2 heterocycles. The molecule has 1 fully saturated rings. The monoisotopic (exact) mass is 392 g/mol. The first-order valence-corrected chi connectivity index (χ1v) is 9.27. The largest absolute Gasteiger partial charge is 0.376 e. The van der Waals surface area contributed by atoms with Crippen LogP contribution in [0.4, 0.5) is 18.3 Å². The molecule has 0 radical (unpaired) electrons. The molecule has 4 rings (SSSR count). The first-order chi connectivity index (χ1) is 13.0. The fraction of sp³-hybridized carbons (Fsp3) is 0.263. The highest BCUT2D eigenvalue weighted by Crippen LogP contribution is 2.32. The van der Waals surface area contributed by atoms with Crippen molar-refractivity contribution in [2.75, 3.05) is 18.1 Å². The van der Waals surface area contributed by atoms with Gasteiger partial charge in [-0.05, 0) is 43.2 Å². The minimum Gasteiger partial charge on any atom is -0.376 e. The lowest BCUT2D eigenvalue weighted by Gasteiger charge is -2.23. The van der Waals surface area contributed by atoms with Gasteiger partial charge in [0.15, 0.2) is 10.9 Å². The number of fused-ring (bicyclic) bond motifs is 1. The molecule has 1 aliphatic heterocycles. The van der Waals surface area contributed by atoms with Gasteiger partial charge in [-0.1, -0.05) is 11.3 Å². The smallest absolute Gasteiger partial charge is 0.260 e. The lowest BCUT2D eigenvalue weighted by atomic mass is 10.1. The molecular weight excluding hydrogens is 377 g/mol. The van der Waals surface area contributed by atoms with Crippen LogP contribution in [0.3, 0.4) is 0 Å². The van der Waals surface area contributed by atoms with Crippen LogP contribution in [-0.2, 0) is 4.74 Å². The van der Waals surface area contributed by atoms with Gasteiger partial charge in [0.05, 0.1) is 17.3 Å². The van der Waals surface area contributed by atoms with Crippen LogP contribution < -0.4 is 4.90 Å². The normalized spacial score (nSPS) is 16.8. The summed E-state index contributed by atoms with van der Waals surface area (Å²) < 4.78 is 46.6. The highest BCUT2D eigenvalue weighted by atomic mass is 32.1. The van der Waals surface area contributed by atoms with Gasteiger partial charge in [-0.25, -0.2) is 18.2 Å². The molecule has 1 amide bonds. The van der Waals surface area contributed by atoms with Crippen LogP contribution in [0.15, 0.2) is 36.4 Å². The summed E-state index contributed by atoms with van der Waals surface area (Å²) in [5.41, 5.74) is 0.293. The van der Waals surface area contributed by atoms with Crippen LogP contribution in [0.25, 0.3) is 10.2 Å². The quantitative estimate of drug-likeness (QED) is 0.655. The van der Waals surface area contributed by atoms with Crippen LogP contribution in [0, 0.1) is 17.5 Å². The average Bonchev–Trinajstić information content (AvgIpc) is 3.29. The molecule has 2 aromatic carbocycles. The minimum atomic E-state index is -0.779. The zero-order chi connectivity index (χ0) is 19.0. The molecule has 0 bridgehead atoms. The number of anilines is 1. The average molecular weight is 392 g/mol. The van der Waals surface area contributed by atoms with Crippen molar-refractivity contribution in [3.63, 3.8) is 0 Å². The van der Waals surface area contributed by atoms with E-state index in [1.54, 1.807) is 0 Å². The molecule has 27 heavy (non-hydrogen) atoms. The number of carbonyl (C=O) groups excluding carboxylic acids is 1. The summed E-state index contributed by atoms with van der Waals surface area (Å²) in [6.45, 7) is 0.850. The second-order valence-electron chi connectivity index (χ2n) is 6.29. The van der Waals surface area contributed by atoms with Gasteiger partial charge in [0.25, 0.3) is 5.91 Å². The topological polar surface area (TPSA) is 42.4 Å². The fourth-order valence-electron chi connectivity index (χ4n) is 3.05. The number of halogens is 3. The van der Waals surface area contributed by atoms with Gasteiger partial charge in [-0.2, -0.15) is 0 Å². The highest BCUT2D eigenvalue weighted by molar-refractivity contribution is 7.22. The summed E-state index contributed by atoms with van der Waals surface area (Å²) in [4.78, 5) is 18.6. The molecule has 0 spiro atoms. The Labute approximate surface area is 157 Å². The second-order valence-corrected chi connectivity index (χ2v) is 7.30. The van der Waals surface area contributed by atoms with E-state index in [9.17, 15) is 18.0 Å². The molecule has 0 aliphatic carbocycles. The summed E-state index contributed by atoms with van der Waals surface area (Å²) >= 11 is 1.03. The van der Waals surface area contributed by atoms with E-state index in [0.29, 0.717) is 11.3 Å². The van der Waals surface area contributed by atoms with Gasteiger partial charge in [-0.15, -0.1) is 0 Å². The maximum atomic E-state index is 14.0. The summed E-state index contributed by atoms with van der Waals surface area (Å²) in [6, 6.07) is 7.11. The Hall–Kier alpha value is -2.45. The number of hydrogen-bond acceptors (Lipinski definition) is 4. The summed E-state index contributed by atoms with van der Waals surface area (Å²) in [5, 5.41) is 0.249. The van der Waals surface area contributed by atoms with Crippen LogP contribution >= 0.6 is 11.3 Å². The Kier molecular flexibility index (Phi) is 4.84. The zero-order valence-electron chi connectivity index (χ0n) is 14.1. The molecule has 8 heteroatoms. The molecule has 3 aromatic rings. The first-order valence-electron chi connectivity index (χ1n) is 8.46. The van der Waals surface area contributed by atoms with Gasteiger partial charge in [0.2, 0.25) is 0 Å². The number of hydrogen-bond donors (Lipinski definition) is 0. The first kappa shape index (κ1) is 17.9. The van der Waals surface area contributed by atoms with Crippen molar-refractivity contribution >= 4 is 32.6 Å². The van der Waals surface area contributed by atoms with Gasteiger partial charge >= 0.3 is 0 Å². The maximum absolute atomic E-state index is 14.0. The summed E-state index contributed by atoms with van der Waals surface area (Å²) in [6.07, 6.45) is 1.52. The second kappa shape index (κ2) is 7.28. The zero-order valence-corrected chi connectivity index (χ0v) is 14.9. The molecular formula is C19H15F3N2O2S. The van der Waals surface area contributed by atoms with E-state index in [0.717, 1.165) is 30.2 Å². The van der Waals surface area contributed by atoms with Crippen LogP contribution in [0.5, 0.6) is 0 Å². The SMILES string of the molecule is O=C(c1ccc(F)cc1)N(CC1CCCO1)c1nc2c(F)cc(F)cc2s1. The molecule has 1 atom stereocenters. The lowest BCUT2D eigenvalue weighted by molar-refractivity contribution is 0.0917. The van der Waals surface area contributed by atoms with E-state index in [-0.39, 0.29) is 28.9 Å². The predicted octanol–water partition coefficient (Wildman–Crippen LogP) is 4.54.